The molecule has 6 nitrogen and oxygen atoms in total. The first kappa shape index (κ1) is 20.9. The van der Waals surface area contributed by atoms with E-state index in [-0.39, 0.29) is 18.9 Å². The molecule has 0 aliphatic rings. The van der Waals surface area contributed by atoms with Crippen LogP contribution >= 0.6 is 11.3 Å². The molecule has 1 aromatic carbocycles. The van der Waals surface area contributed by atoms with Crippen molar-refractivity contribution in [3.8, 4) is 0 Å². The van der Waals surface area contributed by atoms with E-state index < -0.39 is 11.6 Å². The van der Waals surface area contributed by atoms with Crippen LogP contribution in [0.1, 0.15) is 25.6 Å². The fourth-order valence-electron chi connectivity index (χ4n) is 2.52. The number of hydrogen-bond acceptors (Lipinski definition) is 6. The number of ether oxygens (including phenoxy) is 1. The number of aliphatic hydroxyl groups is 2. The molecule has 0 saturated carbocycles. The van der Waals surface area contributed by atoms with E-state index in [1.807, 2.05) is 29.2 Å². The largest absolute Gasteiger partial charge is 0.465 e. The maximum atomic E-state index is 12.1. The Bertz CT molecular complexity index is 868. The standard InChI is InChI=1S/C20H24N2O4S/c1-20(2,3)26-19(25)17(21-4)13-16-11-14-5-6-15(12-18(14)27-16)22(7-9-23)8-10-24/h5-6,11-13,23-24H,7-10H2,1-3H3/b17-13-. The van der Waals surface area contributed by atoms with E-state index in [4.69, 9.17) is 11.3 Å². The molecule has 0 radical (unpaired) electrons. The zero-order valence-corrected chi connectivity index (χ0v) is 16.5. The number of anilines is 1. The van der Waals surface area contributed by atoms with Gasteiger partial charge in [-0.05, 0) is 50.4 Å². The Morgan fingerprint density at radius 3 is 2.48 bits per heavy atom. The number of nitrogens with zero attached hydrogens (tertiary/aromatic N) is 2. The Kier molecular flexibility index (Phi) is 6.97. The summed E-state index contributed by atoms with van der Waals surface area (Å²) in [5, 5.41) is 19.4. The Balaban J connectivity index is 2.32. The van der Waals surface area contributed by atoms with Gasteiger partial charge in [-0.25, -0.2) is 4.85 Å². The van der Waals surface area contributed by atoms with Crippen molar-refractivity contribution in [1.82, 2.24) is 0 Å². The number of benzene rings is 1. The monoisotopic (exact) mass is 388 g/mol. The first-order valence-electron chi connectivity index (χ1n) is 8.60. The van der Waals surface area contributed by atoms with E-state index in [9.17, 15) is 15.0 Å². The van der Waals surface area contributed by atoms with Crippen molar-refractivity contribution < 1.29 is 19.7 Å². The van der Waals surface area contributed by atoms with Crippen molar-refractivity contribution in [3.63, 3.8) is 0 Å². The van der Waals surface area contributed by atoms with Crippen LogP contribution in [0.3, 0.4) is 0 Å². The lowest BCUT2D eigenvalue weighted by Gasteiger charge is -2.22. The summed E-state index contributed by atoms with van der Waals surface area (Å²) in [4.78, 5) is 18.1. The van der Waals surface area contributed by atoms with Crippen LogP contribution in [0.5, 0.6) is 0 Å². The molecule has 27 heavy (non-hydrogen) atoms. The summed E-state index contributed by atoms with van der Waals surface area (Å²) in [5.41, 5.74) is 0.193. The van der Waals surface area contributed by atoms with E-state index in [1.165, 1.54) is 11.3 Å². The molecule has 0 aliphatic heterocycles. The van der Waals surface area contributed by atoms with Crippen molar-refractivity contribution in [1.29, 1.82) is 0 Å². The summed E-state index contributed by atoms with van der Waals surface area (Å²) >= 11 is 1.46. The van der Waals surface area contributed by atoms with Gasteiger partial charge >= 0.3 is 5.97 Å². The van der Waals surface area contributed by atoms with E-state index in [0.29, 0.717) is 13.1 Å². The van der Waals surface area contributed by atoms with Crippen LogP contribution in [0.25, 0.3) is 21.0 Å². The van der Waals surface area contributed by atoms with Gasteiger partial charge in [0.1, 0.15) is 5.60 Å². The summed E-state index contributed by atoms with van der Waals surface area (Å²) in [6.45, 7) is 13.4. The molecular weight excluding hydrogens is 364 g/mol. The highest BCUT2D eigenvalue weighted by atomic mass is 32.1. The third-order valence-electron chi connectivity index (χ3n) is 3.64. The highest BCUT2D eigenvalue weighted by Gasteiger charge is 2.20. The molecule has 0 saturated heterocycles. The predicted octanol–water partition coefficient (Wildman–Crippen LogP) is 3.29. The van der Waals surface area contributed by atoms with E-state index in [0.717, 1.165) is 20.7 Å². The molecule has 0 fully saturated rings. The third-order valence-corrected chi connectivity index (χ3v) is 4.68. The maximum Gasteiger partial charge on any atom is 0.336 e. The summed E-state index contributed by atoms with van der Waals surface area (Å²) in [7, 11) is 0. The van der Waals surface area contributed by atoms with E-state index in [1.54, 1.807) is 26.8 Å². The number of thiophene rings is 1. The number of rotatable bonds is 7. The molecular formula is C20H24N2O4S. The van der Waals surface area contributed by atoms with Gasteiger partial charge in [-0.2, -0.15) is 0 Å². The topological polar surface area (TPSA) is 74.4 Å². The number of fused-ring (bicyclic) bond motifs is 1. The van der Waals surface area contributed by atoms with Gasteiger partial charge < -0.3 is 19.8 Å². The van der Waals surface area contributed by atoms with Crippen LogP contribution < -0.4 is 4.90 Å². The van der Waals surface area contributed by atoms with Gasteiger partial charge in [-0.1, -0.05) is 6.07 Å². The van der Waals surface area contributed by atoms with Gasteiger partial charge in [0.2, 0.25) is 0 Å². The highest BCUT2D eigenvalue weighted by Crippen LogP contribution is 2.31. The summed E-state index contributed by atoms with van der Waals surface area (Å²) < 4.78 is 6.26. The fraction of sp³-hybridized carbons (Fsp3) is 0.400. The average Bonchev–Trinajstić information content (AvgIpc) is 2.99. The van der Waals surface area contributed by atoms with Crippen LogP contribution in [0.4, 0.5) is 5.69 Å². The molecule has 1 aromatic heterocycles. The molecule has 2 rings (SSSR count). The zero-order chi connectivity index (χ0) is 20.0. The van der Waals surface area contributed by atoms with Gasteiger partial charge in [-0.3, -0.25) is 4.79 Å². The van der Waals surface area contributed by atoms with Crippen LogP contribution in [-0.2, 0) is 9.53 Å². The van der Waals surface area contributed by atoms with Gasteiger partial charge in [-0.15, -0.1) is 11.3 Å². The normalized spacial score (nSPS) is 12.1. The first-order valence-corrected chi connectivity index (χ1v) is 9.42. The zero-order valence-electron chi connectivity index (χ0n) is 15.7. The van der Waals surface area contributed by atoms with Crippen molar-refractivity contribution >= 4 is 39.2 Å². The van der Waals surface area contributed by atoms with Crippen molar-refractivity contribution in [3.05, 3.63) is 46.3 Å². The average molecular weight is 388 g/mol. The number of aliphatic hydroxyl groups excluding tert-OH is 2. The highest BCUT2D eigenvalue weighted by molar-refractivity contribution is 7.19. The van der Waals surface area contributed by atoms with E-state index >= 15 is 0 Å². The van der Waals surface area contributed by atoms with Crippen molar-refractivity contribution in [2.24, 2.45) is 0 Å². The number of esters is 1. The van der Waals surface area contributed by atoms with Gasteiger partial charge in [0.05, 0.1) is 19.8 Å². The minimum absolute atomic E-state index is 0.000712. The Morgan fingerprint density at radius 2 is 1.93 bits per heavy atom. The van der Waals surface area contributed by atoms with Gasteiger partial charge in [0.15, 0.2) is 0 Å². The minimum Gasteiger partial charge on any atom is -0.465 e. The lowest BCUT2D eigenvalue weighted by atomic mass is 10.2. The molecule has 2 aromatic rings. The lowest BCUT2D eigenvalue weighted by Crippen LogP contribution is -2.29. The summed E-state index contributed by atoms with van der Waals surface area (Å²) in [6.07, 6.45) is 1.55. The van der Waals surface area contributed by atoms with E-state index in [2.05, 4.69) is 4.85 Å². The Morgan fingerprint density at radius 1 is 1.26 bits per heavy atom. The van der Waals surface area contributed by atoms with Crippen molar-refractivity contribution in [2.75, 3.05) is 31.2 Å². The number of hydrogen-bond donors (Lipinski definition) is 2. The smallest absolute Gasteiger partial charge is 0.336 e. The molecule has 1 heterocycles. The SMILES string of the molecule is [C-]#[N+]/C(=C\c1cc2ccc(N(CCO)CCO)cc2s1)C(=O)OC(C)(C)C. The molecule has 0 atom stereocenters. The molecule has 0 amide bonds. The summed E-state index contributed by atoms with van der Waals surface area (Å²) in [6, 6.07) is 7.78. The van der Waals surface area contributed by atoms with Crippen LogP contribution in [-0.4, -0.2) is 48.1 Å². The number of carbonyl (C=O) groups excluding carboxylic acids is 1. The molecule has 2 N–H and O–H groups in total. The summed E-state index contributed by atoms with van der Waals surface area (Å²) in [5.74, 6) is -0.632. The first-order chi connectivity index (χ1) is 12.8. The Hall–Kier alpha value is -2.40. The maximum absolute atomic E-state index is 12.1. The second kappa shape index (κ2) is 9.00. The van der Waals surface area contributed by atoms with Gasteiger partial charge in [0, 0.05) is 28.4 Å². The van der Waals surface area contributed by atoms with Crippen LogP contribution in [0.2, 0.25) is 0 Å². The molecule has 0 spiro atoms. The van der Waals surface area contributed by atoms with Crippen LogP contribution in [0, 0.1) is 6.57 Å². The molecule has 144 valence electrons. The minimum atomic E-state index is -0.654. The quantitative estimate of drug-likeness (QED) is 0.433. The second-order valence-corrected chi connectivity index (χ2v) is 8.06. The Labute approximate surface area is 163 Å². The second-order valence-electron chi connectivity index (χ2n) is 6.95. The third kappa shape index (κ3) is 5.79. The lowest BCUT2D eigenvalue weighted by molar-refractivity contribution is -0.149. The number of carbonyl (C=O) groups is 1. The molecule has 7 heteroatoms. The van der Waals surface area contributed by atoms with Crippen molar-refractivity contribution in [2.45, 2.75) is 26.4 Å². The fourth-order valence-corrected chi connectivity index (χ4v) is 3.56. The van der Waals surface area contributed by atoms with Gasteiger partial charge in [0.25, 0.3) is 5.70 Å². The van der Waals surface area contributed by atoms with Crippen LogP contribution in [0.15, 0.2) is 30.0 Å². The molecule has 0 aliphatic carbocycles. The predicted molar refractivity (Wildman–Crippen MR) is 109 cm³/mol. The molecule has 0 bridgehead atoms. The molecule has 0 unspecified atom stereocenters.